The van der Waals surface area contributed by atoms with Gasteiger partial charge in [-0.05, 0) is 31.9 Å². The first-order valence-electron chi connectivity index (χ1n) is 6.55. The van der Waals surface area contributed by atoms with Crippen molar-refractivity contribution in [2.24, 2.45) is 0 Å². The molecule has 2 heterocycles. The SMILES string of the molecule is CCNc1cncc(-n2nc(CC)cc2CC)c1. The highest BCUT2D eigenvalue weighted by molar-refractivity contribution is 5.48. The molecule has 0 unspecified atom stereocenters. The van der Waals surface area contributed by atoms with E-state index >= 15 is 0 Å². The van der Waals surface area contributed by atoms with E-state index in [4.69, 9.17) is 0 Å². The monoisotopic (exact) mass is 244 g/mol. The van der Waals surface area contributed by atoms with Gasteiger partial charge >= 0.3 is 0 Å². The van der Waals surface area contributed by atoms with Gasteiger partial charge in [-0.2, -0.15) is 5.10 Å². The van der Waals surface area contributed by atoms with Gasteiger partial charge in [0, 0.05) is 12.2 Å². The van der Waals surface area contributed by atoms with Gasteiger partial charge in [0.1, 0.15) is 0 Å². The lowest BCUT2D eigenvalue weighted by Crippen LogP contribution is -2.04. The second-order valence-electron chi connectivity index (χ2n) is 4.21. The van der Waals surface area contributed by atoms with Gasteiger partial charge in [0.05, 0.1) is 29.5 Å². The van der Waals surface area contributed by atoms with Crippen LogP contribution < -0.4 is 5.32 Å². The maximum absolute atomic E-state index is 4.62. The van der Waals surface area contributed by atoms with E-state index in [2.05, 4.69) is 48.3 Å². The van der Waals surface area contributed by atoms with E-state index in [0.29, 0.717) is 0 Å². The lowest BCUT2D eigenvalue weighted by molar-refractivity contribution is 0.790. The van der Waals surface area contributed by atoms with Gasteiger partial charge in [0.15, 0.2) is 0 Å². The summed E-state index contributed by atoms with van der Waals surface area (Å²) in [6.07, 6.45) is 5.62. The van der Waals surface area contributed by atoms with Gasteiger partial charge in [-0.1, -0.05) is 13.8 Å². The summed E-state index contributed by atoms with van der Waals surface area (Å²) in [4.78, 5) is 4.27. The van der Waals surface area contributed by atoms with Crippen LogP contribution in [-0.4, -0.2) is 21.3 Å². The van der Waals surface area contributed by atoms with Crippen molar-refractivity contribution in [1.29, 1.82) is 0 Å². The van der Waals surface area contributed by atoms with Crippen molar-refractivity contribution in [2.75, 3.05) is 11.9 Å². The zero-order chi connectivity index (χ0) is 13.0. The standard InChI is InChI=1S/C14H20N4/c1-4-11-7-13(5-2)18(17-11)14-8-12(16-6-3)9-15-10-14/h7-10,16H,4-6H2,1-3H3. The Morgan fingerprint density at radius 1 is 1.11 bits per heavy atom. The van der Waals surface area contributed by atoms with Crippen molar-refractivity contribution < 1.29 is 0 Å². The first kappa shape index (κ1) is 12.6. The van der Waals surface area contributed by atoms with Crippen LogP contribution in [0.5, 0.6) is 0 Å². The Morgan fingerprint density at radius 3 is 2.61 bits per heavy atom. The van der Waals surface area contributed by atoms with E-state index in [9.17, 15) is 0 Å². The maximum Gasteiger partial charge on any atom is 0.0852 e. The average Bonchev–Trinajstić information content (AvgIpc) is 2.83. The number of nitrogens with zero attached hydrogens (tertiary/aromatic N) is 3. The maximum atomic E-state index is 4.62. The molecule has 96 valence electrons. The largest absolute Gasteiger partial charge is 0.384 e. The minimum absolute atomic E-state index is 0.894. The second-order valence-corrected chi connectivity index (χ2v) is 4.21. The third-order valence-electron chi connectivity index (χ3n) is 2.91. The lowest BCUT2D eigenvalue weighted by Gasteiger charge is -2.08. The Bertz CT molecular complexity index is 516. The number of nitrogens with one attached hydrogen (secondary N) is 1. The van der Waals surface area contributed by atoms with E-state index in [1.807, 2.05) is 17.1 Å². The van der Waals surface area contributed by atoms with Gasteiger partial charge in [-0.15, -0.1) is 0 Å². The Labute approximate surface area is 108 Å². The third kappa shape index (κ3) is 2.53. The van der Waals surface area contributed by atoms with Crippen molar-refractivity contribution in [1.82, 2.24) is 14.8 Å². The van der Waals surface area contributed by atoms with Gasteiger partial charge < -0.3 is 5.32 Å². The van der Waals surface area contributed by atoms with E-state index in [-0.39, 0.29) is 0 Å². The second kappa shape index (κ2) is 5.67. The molecule has 0 radical (unpaired) electrons. The van der Waals surface area contributed by atoms with E-state index < -0.39 is 0 Å². The molecular weight excluding hydrogens is 224 g/mol. The summed E-state index contributed by atoms with van der Waals surface area (Å²) in [6, 6.07) is 4.25. The predicted molar refractivity (Wildman–Crippen MR) is 74.3 cm³/mol. The Kier molecular flexibility index (Phi) is 3.97. The topological polar surface area (TPSA) is 42.7 Å². The van der Waals surface area contributed by atoms with Crippen LogP contribution in [0.4, 0.5) is 5.69 Å². The quantitative estimate of drug-likeness (QED) is 0.879. The molecule has 4 nitrogen and oxygen atoms in total. The molecule has 0 saturated carbocycles. The molecule has 0 saturated heterocycles. The van der Waals surface area contributed by atoms with Crippen LogP contribution in [0.1, 0.15) is 32.2 Å². The highest BCUT2D eigenvalue weighted by Crippen LogP contribution is 2.16. The van der Waals surface area contributed by atoms with Gasteiger partial charge in [0.2, 0.25) is 0 Å². The summed E-state index contributed by atoms with van der Waals surface area (Å²) in [5.41, 5.74) is 4.40. The Morgan fingerprint density at radius 2 is 1.94 bits per heavy atom. The van der Waals surface area contributed by atoms with Crippen LogP contribution in [-0.2, 0) is 12.8 Å². The van der Waals surface area contributed by atoms with Gasteiger partial charge in [0.25, 0.3) is 0 Å². The van der Waals surface area contributed by atoms with Crippen molar-refractivity contribution in [3.63, 3.8) is 0 Å². The Balaban J connectivity index is 2.40. The molecule has 0 aliphatic carbocycles. The summed E-state index contributed by atoms with van der Waals surface area (Å²) in [5.74, 6) is 0. The molecule has 2 aromatic heterocycles. The minimum atomic E-state index is 0.894. The molecule has 0 aliphatic rings. The molecule has 0 amide bonds. The number of anilines is 1. The summed E-state index contributed by atoms with van der Waals surface area (Å²) in [5, 5.41) is 7.89. The highest BCUT2D eigenvalue weighted by Gasteiger charge is 2.08. The molecule has 2 rings (SSSR count). The van der Waals surface area contributed by atoms with Gasteiger partial charge in [-0.3, -0.25) is 4.98 Å². The van der Waals surface area contributed by atoms with Gasteiger partial charge in [-0.25, -0.2) is 4.68 Å². The van der Waals surface area contributed by atoms with Crippen LogP contribution in [0, 0.1) is 0 Å². The normalized spacial score (nSPS) is 10.6. The molecule has 2 aromatic rings. The fourth-order valence-corrected chi connectivity index (χ4v) is 1.97. The molecule has 0 bridgehead atoms. The Hall–Kier alpha value is -1.84. The average molecular weight is 244 g/mol. The molecule has 0 aliphatic heterocycles. The summed E-state index contributed by atoms with van der Waals surface area (Å²) in [7, 11) is 0. The van der Waals surface area contributed by atoms with Crippen LogP contribution >= 0.6 is 0 Å². The number of pyridine rings is 1. The van der Waals surface area contributed by atoms with E-state index in [0.717, 1.165) is 36.5 Å². The first-order chi connectivity index (χ1) is 8.78. The number of hydrogen-bond donors (Lipinski definition) is 1. The molecule has 4 heteroatoms. The molecule has 0 fully saturated rings. The van der Waals surface area contributed by atoms with Crippen molar-refractivity contribution >= 4 is 5.69 Å². The van der Waals surface area contributed by atoms with E-state index in [1.165, 1.54) is 5.69 Å². The lowest BCUT2D eigenvalue weighted by atomic mass is 10.2. The number of aromatic nitrogens is 3. The van der Waals surface area contributed by atoms with Crippen LogP contribution in [0.25, 0.3) is 5.69 Å². The third-order valence-corrected chi connectivity index (χ3v) is 2.91. The molecule has 0 spiro atoms. The molecule has 0 atom stereocenters. The smallest absolute Gasteiger partial charge is 0.0852 e. The summed E-state index contributed by atoms with van der Waals surface area (Å²) >= 11 is 0. The number of hydrogen-bond acceptors (Lipinski definition) is 3. The van der Waals surface area contributed by atoms with Crippen molar-refractivity contribution in [3.05, 3.63) is 35.9 Å². The van der Waals surface area contributed by atoms with Crippen molar-refractivity contribution in [2.45, 2.75) is 33.6 Å². The molecule has 0 aromatic carbocycles. The summed E-state index contributed by atoms with van der Waals surface area (Å²) < 4.78 is 1.99. The van der Waals surface area contributed by atoms with Crippen LogP contribution in [0.2, 0.25) is 0 Å². The minimum Gasteiger partial charge on any atom is -0.384 e. The number of aryl methyl sites for hydroxylation is 2. The van der Waals surface area contributed by atoms with Crippen LogP contribution in [0.15, 0.2) is 24.5 Å². The van der Waals surface area contributed by atoms with E-state index in [1.54, 1.807) is 0 Å². The molecule has 1 N–H and O–H groups in total. The summed E-state index contributed by atoms with van der Waals surface area (Å²) in [6.45, 7) is 7.24. The predicted octanol–water partition coefficient (Wildman–Crippen LogP) is 2.82. The van der Waals surface area contributed by atoms with Crippen molar-refractivity contribution in [3.8, 4) is 5.69 Å². The fourth-order valence-electron chi connectivity index (χ4n) is 1.97. The zero-order valence-corrected chi connectivity index (χ0v) is 11.3. The fraction of sp³-hybridized carbons (Fsp3) is 0.429. The number of rotatable bonds is 5. The zero-order valence-electron chi connectivity index (χ0n) is 11.3. The van der Waals surface area contributed by atoms with Crippen LogP contribution in [0.3, 0.4) is 0 Å². The first-order valence-corrected chi connectivity index (χ1v) is 6.55. The molecular formula is C14H20N4. The molecule has 18 heavy (non-hydrogen) atoms. The highest BCUT2D eigenvalue weighted by atomic mass is 15.3.